The Morgan fingerprint density at radius 1 is 1.38 bits per heavy atom. The number of rotatable bonds is 1. The highest BCUT2D eigenvalue weighted by atomic mass is 31.2. The van der Waals surface area contributed by atoms with E-state index in [1.165, 1.54) is 12.8 Å². The highest BCUT2D eigenvalue weighted by Crippen LogP contribution is 2.59. The minimum absolute atomic E-state index is 1.05. The van der Waals surface area contributed by atoms with Crippen LogP contribution in [0.1, 0.15) is 19.8 Å². The van der Waals surface area contributed by atoms with Crippen LogP contribution >= 0.6 is 7.49 Å². The Hall–Kier alpha value is 0.390. The van der Waals surface area contributed by atoms with Gasteiger partial charge in [-0.05, 0) is 19.8 Å². The van der Waals surface area contributed by atoms with Crippen LogP contribution in [0.3, 0.4) is 0 Å². The lowest BCUT2D eigenvalue weighted by Crippen LogP contribution is -1.94. The topological polar surface area (TPSA) is 20.2 Å². The molecule has 1 saturated heterocycles. The van der Waals surface area contributed by atoms with Crippen LogP contribution < -0.4 is 0 Å². The molecule has 0 saturated carbocycles. The van der Waals surface area contributed by atoms with Crippen LogP contribution in [0.15, 0.2) is 0 Å². The van der Waals surface area contributed by atoms with Gasteiger partial charge < -0.3 is 0 Å². The predicted octanol–water partition coefficient (Wildman–Crippen LogP) is 1.72. The summed E-state index contributed by atoms with van der Waals surface area (Å²) in [6.45, 7) is 2.11. The van der Waals surface area contributed by atoms with Crippen LogP contribution in [0.5, 0.6) is 0 Å². The third kappa shape index (κ3) is 1.21. The lowest BCUT2D eigenvalue weighted by atomic mass is 10.4. The van der Waals surface area contributed by atoms with Crippen molar-refractivity contribution in [3.8, 4) is 0 Å². The quantitative estimate of drug-likeness (QED) is 0.540. The van der Waals surface area contributed by atoms with E-state index in [0.29, 0.717) is 0 Å². The molecule has 1 nitrogen and oxygen atoms in total. The average molecular weight is 133 g/mol. The average Bonchev–Trinajstić information content (AvgIpc) is 2.17. The maximum Gasteiger partial charge on any atom is 0.141 e. The smallest absolute Gasteiger partial charge is 0.141 e. The summed E-state index contributed by atoms with van der Waals surface area (Å²) in [7, 11) is -1.30. The zero-order chi connectivity index (χ0) is 6.04. The second-order valence-corrected chi connectivity index (χ2v) is 6.28. The Morgan fingerprint density at radius 3 is 2.12 bits per heavy atom. The first-order chi connectivity index (χ1) is 3.77. The third-order valence-electron chi connectivity index (χ3n) is 1.99. The van der Waals surface area contributed by atoms with Gasteiger partial charge in [0.25, 0.3) is 0 Å². The highest BCUT2D eigenvalue weighted by Gasteiger charge is 2.36. The Labute approximate surface area is 51.5 Å². The van der Waals surface area contributed by atoms with Gasteiger partial charge in [0.1, 0.15) is 7.49 Å². The minimum atomic E-state index is -1.30. The van der Waals surface area contributed by atoms with E-state index in [0.717, 1.165) is 18.5 Å². The van der Waals surface area contributed by atoms with Crippen molar-refractivity contribution in [2.45, 2.75) is 19.8 Å². The molecule has 2 heteroatoms. The first-order valence-corrected chi connectivity index (χ1v) is 5.65. The van der Waals surface area contributed by atoms with Gasteiger partial charge in [-0.2, -0.15) is 0 Å². The van der Waals surface area contributed by atoms with Gasteiger partial charge >= 0.3 is 0 Å². The summed E-state index contributed by atoms with van der Waals surface area (Å²) in [5.74, 6) is 0. The number of hydrogen-bond acceptors (Lipinski definition) is 1. The van der Waals surface area contributed by atoms with Crippen molar-refractivity contribution in [1.82, 2.24) is 0 Å². The van der Waals surface area contributed by atoms with Gasteiger partial charge in [-0.3, -0.25) is 4.89 Å². The normalized spacial score (nSPS) is 26.2. The molecule has 8 heavy (non-hydrogen) atoms. The summed E-state index contributed by atoms with van der Waals surface area (Å²) in [6, 6.07) is 0. The van der Waals surface area contributed by atoms with E-state index in [2.05, 4.69) is 6.92 Å². The molecule has 1 fully saturated rings. The lowest BCUT2D eigenvalue weighted by Gasteiger charge is -2.08. The Bertz CT molecular complexity index is 76.6. The monoisotopic (exact) mass is 133 g/mol. The summed E-state index contributed by atoms with van der Waals surface area (Å²) in [6.07, 6.45) is 5.89. The standard InChI is InChI=1S/C6H14OP/c1-2-8(7)5-3-4-6-8/h7H,2-6H2,1H3/q+1. The van der Waals surface area contributed by atoms with Crippen molar-refractivity contribution in [3.63, 3.8) is 0 Å². The van der Waals surface area contributed by atoms with Crippen LogP contribution in [0.4, 0.5) is 0 Å². The molecule has 0 aromatic rings. The van der Waals surface area contributed by atoms with Crippen molar-refractivity contribution in [2.75, 3.05) is 18.5 Å². The summed E-state index contributed by atoms with van der Waals surface area (Å²) in [4.78, 5) is 9.61. The SMILES string of the molecule is CC[P+]1(O)CCCC1. The molecule has 48 valence electrons. The van der Waals surface area contributed by atoms with E-state index in [-0.39, 0.29) is 0 Å². The van der Waals surface area contributed by atoms with Crippen molar-refractivity contribution in [1.29, 1.82) is 0 Å². The molecule has 0 unspecified atom stereocenters. The molecule has 0 aliphatic carbocycles. The van der Waals surface area contributed by atoms with E-state index < -0.39 is 7.49 Å². The predicted molar refractivity (Wildman–Crippen MR) is 38.6 cm³/mol. The molecular weight excluding hydrogens is 119 g/mol. The second kappa shape index (κ2) is 2.33. The van der Waals surface area contributed by atoms with Crippen molar-refractivity contribution in [2.24, 2.45) is 0 Å². The number of hydrogen-bond donors (Lipinski definition) is 1. The fourth-order valence-corrected chi connectivity index (χ4v) is 3.72. The zero-order valence-corrected chi connectivity index (χ0v) is 6.32. The Balaban J connectivity index is 2.40. The van der Waals surface area contributed by atoms with Gasteiger partial charge in [-0.25, -0.2) is 0 Å². The molecule has 1 aliphatic rings. The van der Waals surface area contributed by atoms with Gasteiger partial charge in [0.2, 0.25) is 0 Å². The molecule has 0 spiro atoms. The van der Waals surface area contributed by atoms with Gasteiger partial charge in [0.15, 0.2) is 0 Å². The summed E-state index contributed by atoms with van der Waals surface area (Å²) in [5.41, 5.74) is 0. The molecule has 0 amide bonds. The molecule has 1 heterocycles. The third-order valence-corrected chi connectivity index (χ3v) is 5.46. The van der Waals surface area contributed by atoms with Gasteiger partial charge in [0, 0.05) is 0 Å². The molecule has 0 atom stereocenters. The van der Waals surface area contributed by atoms with Gasteiger partial charge in [-0.1, -0.05) is 0 Å². The van der Waals surface area contributed by atoms with E-state index in [1.54, 1.807) is 0 Å². The van der Waals surface area contributed by atoms with E-state index in [4.69, 9.17) is 0 Å². The molecule has 0 aromatic heterocycles. The van der Waals surface area contributed by atoms with E-state index in [1.807, 2.05) is 0 Å². The molecule has 0 bridgehead atoms. The van der Waals surface area contributed by atoms with Crippen molar-refractivity contribution in [3.05, 3.63) is 0 Å². The summed E-state index contributed by atoms with van der Waals surface area (Å²) >= 11 is 0. The van der Waals surface area contributed by atoms with Crippen LogP contribution in [0.2, 0.25) is 0 Å². The lowest BCUT2D eigenvalue weighted by molar-refractivity contribution is 0.606. The Kier molecular flexibility index (Phi) is 1.89. The van der Waals surface area contributed by atoms with Crippen molar-refractivity contribution < 1.29 is 4.89 Å². The molecular formula is C6H14OP+. The maximum absolute atomic E-state index is 9.61. The van der Waals surface area contributed by atoms with Crippen LogP contribution in [-0.4, -0.2) is 23.4 Å². The Morgan fingerprint density at radius 2 is 1.88 bits per heavy atom. The molecule has 1 rings (SSSR count). The summed E-state index contributed by atoms with van der Waals surface area (Å²) in [5, 5.41) is 0. The molecule has 1 N–H and O–H groups in total. The van der Waals surface area contributed by atoms with E-state index >= 15 is 0 Å². The van der Waals surface area contributed by atoms with Crippen molar-refractivity contribution >= 4 is 7.49 Å². The first kappa shape index (κ1) is 6.51. The first-order valence-electron chi connectivity index (χ1n) is 3.36. The fourth-order valence-electron chi connectivity index (χ4n) is 1.24. The second-order valence-electron chi connectivity index (χ2n) is 2.57. The zero-order valence-electron chi connectivity index (χ0n) is 5.43. The fraction of sp³-hybridized carbons (Fsp3) is 1.00. The molecule has 0 aromatic carbocycles. The summed E-state index contributed by atoms with van der Waals surface area (Å²) < 4.78 is 0. The highest BCUT2D eigenvalue weighted by molar-refractivity contribution is 7.70. The van der Waals surface area contributed by atoms with Crippen LogP contribution in [0.25, 0.3) is 0 Å². The van der Waals surface area contributed by atoms with Crippen LogP contribution in [-0.2, 0) is 0 Å². The van der Waals surface area contributed by atoms with Gasteiger partial charge in [0.05, 0.1) is 18.5 Å². The largest absolute Gasteiger partial charge is 0.252 e. The maximum atomic E-state index is 9.61. The minimum Gasteiger partial charge on any atom is -0.252 e. The van der Waals surface area contributed by atoms with Crippen LogP contribution in [0, 0.1) is 0 Å². The molecule has 0 radical (unpaired) electrons. The van der Waals surface area contributed by atoms with Gasteiger partial charge in [-0.15, -0.1) is 0 Å². The molecule has 1 aliphatic heterocycles. The van der Waals surface area contributed by atoms with E-state index in [9.17, 15) is 4.89 Å².